The van der Waals surface area contributed by atoms with Crippen molar-refractivity contribution in [3.05, 3.63) is 140 Å². The second kappa shape index (κ2) is 8.64. The minimum atomic E-state index is 0.874. The van der Waals surface area contributed by atoms with Gasteiger partial charge in [0, 0.05) is 32.9 Å². The number of hydrogen-bond acceptors (Lipinski definition) is 3. The zero-order valence-electron chi connectivity index (χ0n) is 21.0. The van der Waals surface area contributed by atoms with Crippen molar-refractivity contribution >= 4 is 60.9 Å². The number of anilines is 3. The van der Waals surface area contributed by atoms with E-state index in [9.17, 15) is 0 Å². The van der Waals surface area contributed by atoms with Crippen molar-refractivity contribution in [2.24, 2.45) is 0 Å². The number of hydrogen-bond donors (Lipinski definition) is 0. The fourth-order valence-electron chi connectivity index (χ4n) is 5.64. The number of rotatable bonds is 4. The van der Waals surface area contributed by atoms with E-state index >= 15 is 0 Å². The van der Waals surface area contributed by atoms with Gasteiger partial charge in [0.1, 0.15) is 16.7 Å². The van der Waals surface area contributed by atoms with Crippen molar-refractivity contribution < 1.29 is 8.83 Å². The van der Waals surface area contributed by atoms with Crippen LogP contribution in [0.1, 0.15) is 0 Å². The van der Waals surface area contributed by atoms with Gasteiger partial charge in [0.25, 0.3) is 0 Å². The van der Waals surface area contributed by atoms with Crippen molar-refractivity contribution in [3.8, 4) is 11.1 Å². The predicted molar refractivity (Wildman–Crippen MR) is 161 cm³/mol. The maximum absolute atomic E-state index is 6.45. The number of fused-ring (bicyclic) bond motifs is 6. The Morgan fingerprint density at radius 2 is 1.00 bits per heavy atom. The molecule has 184 valence electrons. The van der Waals surface area contributed by atoms with Gasteiger partial charge in [0.2, 0.25) is 0 Å². The van der Waals surface area contributed by atoms with Crippen LogP contribution < -0.4 is 4.90 Å². The van der Waals surface area contributed by atoms with Gasteiger partial charge in [0.15, 0.2) is 5.58 Å². The topological polar surface area (TPSA) is 29.5 Å². The number of para-hydroxylation sites is 4. The molecule has 0 aliphatic rings. The van der Waals surface area contributed by atoms with Crippen molar-refractivity contribution in [1.82, 2.24) is 0 Å². The van der Waals surface area contributed by atoms with Crippen LogP contribution in [0.25, 0.3) is 55.0 Å². The summed E-state index contributed by atoms with van der Waals surface area (Å²) in [5.74, 6) is 0. The minimum absolute atomic E-state index is 0.874. The molecule has 39 heavy (non-hydrogen) atoms. The standard InChI is InChI=1S/C36H23NO2/c1-2-11-26(12-3-1)37(32-17-9-16-30-28-14-4-7-19-34(28)39-36(30)32)27-13-8-10-24(22-27)25-20-21-35-31(23-25)29-15-5-6-18-33(29)38-35/h1-23H. The van der Waals surface area contributed by atoms with Gasteiger partial charge in [-0.25, -0.2) is 0 Å². The third-order valence-electron chi connectivity index (χ3n) is 7.45. The van der Waals surface area contributed by atoms with Gasteiger partial charge in [-0.2, -0.15) is 0 Å². The van der Waals surface area contributed by atoms with E-state index in [4.69, 9.17) is 8.83 Å². The van der Waals surface area contributed by atoms with Crippen molar-refractivity contribution in [2.45, 2.75) is 0 Å². The minimum Gasteiger partial charge on any atom is -0.456 e. The Bertz CT molecular complexity index is 2140. The third-order valence-corrected chi connectivity index (χ3v) is 7.45. The Kier molecular flexibility index (Phi) is 4.82. The molecule has 0 saturated heterocycles. The van der Waals surface area contributed by atoms with Gasteiger partial charge in [-0.3, -0.25) is 0 Å². The highest BCUT2D eigenvalue weighted by atomic mass is 16.3. The summed E-state index contributed by atoms with van der Waals surface area (Å²) in [5, 5.41) is 4.49. The lowest BCUT2D eigenvalue weighted by Crippen LogP contribution is -2.10. The van der Waals surface area contributed by atoms with Gasteiger partial charge in [-0.15, -0.1) is 0 Å². The Balaban J connectivity index is 1.32. The summed E-state index contributed by atoms with van der Waals surface area (Å²) in [6.45, 7) is 0. The van der Waals surface area contributed by atoms with Gasteiger partial charge in [-0.05, 0) is 65.7 Å². The first kappa shape index (κ1) is 21.8. The Morgan fingerprint density at radius 3 is 1.85 bits per heavy atom. The molecule has 0 radical (unpaired) electrons. The van der Waals surface area contributed by atoms with E-state index in [1.807, 2.05) is 30.3 Å². The zero-order valence-corrected chi connectivity index (χ0v) is 21.0. The molecule has 2 heterocycles. The molecule has 6 aromatic carbocycles. The fourth-order valence-corrected chi connectivity index (χ4v) is 5.64. The Labute approximate surface area is 225 Å². The third kappa shape index (κ3) is 3.52. The first-order chi connectivity index (χ1) is 19.3. The van der Waals surface area contributed by atoms with Crippen molar-refractivity contribution in [2.75, 3.05) is 4.90 Å². The maximum atomic E-state index is 6.45. The van der Waals surface area contributed by atoms with E-state index in [2.05, 4.69) is 114 Å². The summed E-state index contributed by atoms with van der Waals surface area (Å²) in [6, 6.07) is 48.4. The van der Waals surface area contributed by atoms with Crippen LogP contribution in [-0.2, 0) is 0 Å². The smallest absolute Gasteiger partial charge is 0.159 e. The largest absolute Gasteiger partial charge is 0.456 e. The molecule has 3 nitrogen and oxygen atoms in total. The fraction of sp³-hybridized carbons (Fsp3) is 0. The van der Waals surface area contributed by atoms with Crippen molar-refractivity contribution in [3.63, 3.8) is 0 Å². The van der Waals surface area contributed by atoms with Crippen LogP contribution in [0.4, 0.5) is 17.1 Å². The molecule has 0 atom stereocenters. The Hall–Kier alpha value is -5.28. The summed E-state index contributed by atoms with van der Waals surface area (Å²) in [7, 11) is 0. The van der Waals surface area contributed by atoms with Crippen LogP contribution in [0, 0.1) is 0 Å². The SMILES string of the molecule is c1ccc(N(c2cccc(-c3ccc4oc5ccccc5c4c3)c2)c2cccc3c2oc2ccccc23)cc1. The predicted octanol–water partition coefficient (Wildman–Crippen LogP) is 10.6. The zero-order chi connectivity index (χ0) is 25.8. The summed E-state index contributed by atoms with van der Waals surface area (Å²) in [6.07, 6.45) is 0. The molecule has 0 spiro atoms. The molecule has 8 aromatic rings. The lowest BCUT2D eigenvalue weighted by Gasteiger charge is -2.26. The van der Waals surface area contributed by atoms with Crippen LogP contribution in [0.15, 0.2) is 148 Å². The second-order valence-electron chi connectivity index (χ2n) is 9.78. The van der Waals surface area contributed by atoms with Gasteiger partial charge >= 0.3 is 0 Å². The van der Waals surface area contributed by atoms with E-state index in [-0.39, 0.29) is 0 Å². The summed E-state index contributed by atoms with van der Waals surface area (Å²) in [4.78, 5) is 2.28. The monoisotopic (exact) mass is 501 g/mol. The lowest BCUT2D eigenvalue weighted by molar-refractivity contribution is 0.668. The van der Waals surface area contributed by atoms with E-state index in [1.54, 1.807) is 0 Å². The van der Waals surface area contributed by atoms with E-state index in [0.717, 1.165) is 72.1 Å². The average Bonchev–Trinajstić information content (AvgIpc) is 3.57. The van der Waals surface area contributed by atoms with Gasteiger partial charge < -0.3 is 13.7 Å². The molecule has 0 bridgehead atoms. The molecule has 0 unspecified atom stereocenters. The molecule has 0 fully saturated rings. The normalized spacial score (nSPS) is 11.6. The number of benzene rings is 6. The molecule has 0 saturated carbocycles. The van der Waals surface area contributed by atoms with Crippen LogP contribution >= 0.6 is 0 Å². The average molecular weight is 502 g/mol. The van der Waals surface area contributed by atoms with Gasteiger partial charge in [0.05, 0.1) is 5.69 Å². The van der Waals surface area contributed by atoms with Crippen molar-refractivity contribution in [1.29, 1.82) is 0 Å². The Morgan fingerprint density at radius 1 is 0.385 bits per heavy atom. The van der Waals surface area contributed by atoms with Crippen LogP contribution in [-0.4, -0.2) is 0 Å². The molecule has 0 N–H and O–H groups in total. The van der Waals surface area contributed by atoms with E-state index in [0.29, 0.717) is 0 Å². The number of nitrogens with zero attached hydrogens (tertiary/aromatic N) is 1. The molecule has 0 amide bonds. The quantitative estimate of drug-likeness (QED) is 0.240. The number of furan rings is 2. The highest BCUT2D eigenvalue weighted by molar-refractivity contribution is 6.10. The molecule has 0 aliphatic heterocycles. The van der Waals surface area contributed by atoms with Crippen LogP contribution in [0.2, 0.25) is 0 Å². The first-order valence-corrected chi connectivity index (χ1v) is 13.1. The summed E-state index contributed by atoms with van der Waals surface area (Å²) >= 11 is 0. The molecule has 3 heteroatoms. The summed E-state index contributed by atoms with van der Waals surface area (Å²) < 4.78 is 12.5. The molecular weight excluding hydrogens is 478 g/mol. The summed E-state index contributed by atoms with van der Waals surface area (Å²) in [5.41, 5.74) is 8.99. The molecule has 0 aliphatic carbocycles. The highest BCUT2D eigenvalue weighted by Crippen LogP contribution is 2.43. The highest BCUT2D eigenvalue weighted by Gasteiger charge is 2.19. The first-order valence-electron chi connectivity index (χ1n) is 13.1. The molecular formula is C36H23NO2. The van der Waals surface area contributed by atoms with Gasteiger partial charge in [-0.1, -0.05) is 84.9 Å². The lowest BCUT2D eigenvalue weighted by atomic mass is 10.0. The molecule has 2 aromatic heterocycles. The van der Waals surface area contributed by atoms with Crippen LogP contribution in [0.5, 0.6) is 0 Å². The molecule has 8 rings (SSSR count). The second-order valence-corrected chi connectivity index (χ2v) is 9.78. The van der Waals surface area contributed by atoms with E-state index in [1.165, 1.54) is 0 Å². The van der Waals surface area contributed by atoms with Crippen LogP contribution in [0.3, 0.4) is 0 Å². The van der Waals surface area contributed by atoms with E-state index < -0.39 is 0 Å². The maximum Gasteiger partial charge on any atom is 0.159 e.